The van der Waals surface area contributed by atoms with Crippen LogP contribution in [0, 0.1) is 5.39 Å². The Balaban J connectivity index is 0.000000383. The molecule has 9 heteroatoms. The Bertz CT molecular complexity index is 625. The molecule has 0 bridgehead atoms. The van der Waals surface area contributed by atoms with Crippen molar-refractivity contribution in [2.24, 2.45) is 0 Å². The molecular formula is C12H8BBrF4N2O. The fourth-order valence-corrected chi connectivity index (χ4v) is 1.61. The number of diazo groups is 1. The molecular weight excluding hydrogens is 355 g/mol. The van der Waals surface area contributed by atoms with E-state index < -0.39 is 7.25 Å². The minimum atomic E-state index is -6.00. The number of benzene rings is 2. The van der Waals surface area contributed by atoms with Crippen LogP contribution in [0.4, 0.5) is 23.0 Å². The number of hydrogen-bond donors (Lipinski definition) is 0. The van der Waals surface area contributed by atoms with Crippen LogP contribution < -0.4 is 4.74 Å². The first-order chi connectivity index (χ1) is 9.79. The number of hydrogen-bond acceptors (Lipinski definition) is 2. The van der Waals surface area contributed by atoms with Crippen molar-refractivity contribution in [3.8, 4) is 11.5 Å². The van der Waals surface area contributed by atoms with Gasteiger partial charge in [-0.2, -0.15) is 0 Å². The zero-order valence-electron chi connectivity index (χ0n) is 10.4. The maximum Gasteiger partial charge on any atom is 0.673 e. The maximum absolute atomic E-state index is 9.75. The Hall–Kier alpha value is -2.08. The smallest absolute Gasteiger partial charge is 0.449 e. The summed E-state index contributed by atoms with van der Waals surface area (Å²) in [7, 11) is -6.00. The van der Waals surface area contributed by atoms with Crippen LogP contribution in [0.1, 0.15) is 0 Å². The van der Waals surface area contributed by atoms with Gasteiger partial charge in [0, 0.05) is 16.6 Å². The second-order valence-electron chi connectivity index (χ2n) is 3.62. The van der Waals surface area contributed by atoms with Crippen LogP contribution in [0.25, 0.3) is 4.98 Å². The molecule has 0 aliphatic carbocycles. The quantitative estimate of drug-likeness (QED) is 0.371. The predicted octanol–water partition coefficient (Wildman–Crippen LogP) is 6.03. The fourth-order valence-electron chi connectivity index (χ4n) is 1.27. The fraction of sp³-hybridized carbons (Fsp3) is 0. The lowest BCUT2D eigenvalue weighted by Gasteiger charge is -2.02. The van der Waals surface area contributed by atoms with Crippen molar-refractivity contribution in [1.82, 2.24) is 0 Å². The molecule has 0 N–H and O–H groups in total. The van der Waals surface area contributed by atoms with E-state index >= 15 is 0 Å². The molecule has 0 atom stereocenters. The van der Waals surface area contributed by atoms with Gasteiger partial charge >= 0.3 is 12.9 Å². The minimum absolute atomic E-state index is 0.395. The van der Waals surface area contributed by atoms with Gasteiger partial charge in [0.05, 0.1) is 0 Å². The Morgan fingerprint density at radius 1 is 1.00 bits per heavy atom. The summed E-state index contributed by atoms with van der Waals surface area (Å²) in [6.07, 6.45) is 0. The van der Waals surface area contributed by atoms with Crippen LogP contribution in [-0.4, -0.2) is 7.25 Å². The van der Waals surface area contributed by atoms with Crippen molar-refractivity contribution < 1.29 is 22.0 Å². The molecule has 2 aromatic rings. The van der Waals surface area contributed by atoms with Crippen molar-refractivity contribution in [1.29, 1.82) is 5.39 Å². The third-order valence-corrected chi connectivity index (χ3v) is 2.49. The highest BCUT2D eigenvalue weighted by Gasteiger charge is 2.20. The normalized spacial score (nSPS) is 10.1. The molecule has 0 aliphatic heterocycles. The Morgan fingerprint density at radius 2 is 1.57 bits per heavy atom. The molecule has 0 aromatic heterocycles. The molecule has 0 unspecified atom stereocenters. The molecule has 2 aromatic carbocycles. The molecule has 110 valence electrons. The topological polar surface area (TPSA) is 37.4 Å². The Kier molecular flexibility index (Phi) is 6.18. The highest BCUT2D eigenvalue weighted by Crippen LogP contribution is 2.34. The highest BCUT2D eigenvalue weighted by atomic mass is 79.9. The monoisotopic (exact) mass is 362 g/mol. The van der Waals surface area contributed by atoms with Crippen LogP contribution in [0.15, 0.2) is 53.0 Å². The molecule has 0 radical (unpaired) electrons. The SMILES string of the molecule is F[B-](F)(F)F.N#[N+]c1ccc(Br)cc1Oc1ccccc1. The summed E-state index contributed by atoms with van der Waals surface area (Å²) in [5.41, 5.74) is 0.395. The third kappa shape index (κ3) is 7.32. The van der Waals surface area contributed by atoms with Crippen molar-refractivity contribution >= 4 is 28.9 Å². The summed E-state index contributed by atoms with van der Waals surface area (Å²) in [6, 6.07) is 14.5. The van der Waals surface area contributed by atoms with Gasteiger partial charge < -0.3 is 22.0 Å². The lowest BCUT2D eigenvalue weighted by molar-refractivity contribution is 0.368. The summed E-state index contributed by atoms with van der Waals surface area (Å²) >= 11 is 3.34. The molecule has 0 fully saturated rings. The van der Waals surface area contributed by atoms with Crippen LogP contribution in [0.3, 0.4) is 0 Å². The number of para-hydroxylation sites is 1. The first kappa shape index (κ1) is 17.0. The van der Waals surface area contributed by atoms with E-state index in [0.717, 1.165) is 4.47 Å². The van der Waals surface area contributed by atoms with Crippen molar-refractivity contribution in [2.45, 2.75) is 0 Å². The molecule has 0 aliphatic rings. The van der Waals surface area contributed by atoms with Gasteiger partial charge in [0.1, 0.15) is 5.75 Å². The van der Waals surface area contributed by atoms with Crippen LogP contribution in [0.5, 0.6) is 11.5 Å². The van der Waals surface area contributed by atoms with Crippen LogP contribution in [0.2, 0.25) is 0 Å². The molecule has 2 rings (SSSR count). The zero-order valence-corrected chi connectivity index (χ0v) is 12.0. The zero-order chi connectivity index (χ0) is 15.9. The Morgan fingerprint density at radius 3 is 2.10 bits per heavy atom. The van der Waals surface area contributed by atoms with Crippen molar-refractivity contribution in [2.75, 3.05) is 0 Å². The molecule has 0 spiro atoms. The first-order valence-electron chi connectivity index (χ1n) is 5.54. The van der Waals surface area contributed by atoms with E-state index in [1.807, 2.05) is 30.3 Å². The van der Waals surface area contributed by atoms with Gasteiger partial charge in [-0.1, -0.05) is 34.1 Å². The lowest BCUT2D eigenvalue weighted by Crippen LogP contribution is -2.02. The Labute approximate surface area is 126 Å². The van der Waals surface area contributed by atoms with Crippen LogP contribution >= 0.6 is 15.9 Å². The second-order valence-corrected chi connectivity index (χ2v) is 4.54. The van der Waals surface area contributed by atoms with Gasteiger partial charge in [-0.05, 0) is 18.2 Å². The van der Waals surface area contributed by atoms with Crippen molar-refractivity contribution in [3.05, 3.63) is 58.0 Å². The average molecular weight is 363 g/mol. The van der Waals surface area contributed by atoms with E-state index in [1.54, 1.807) is 18.2 Å². The van der Waals surface area contributed by atoms with E-state index in [0.29, 0.717) is 17.2 Å². The predicted molar refractivity (Wildman–Crippen MR) is 75.6 cm³/mol. The van der Waals surface area contributed by atoms with Crippen molar-refractivity contribution in [3.63, 3.8) is 0 Å². The van der Waals surface area contributed by atoms with E-state index in [-0.39, 0.29) is 0 Å². The molecule has 0 saturated heterocycles. The minimum Gasteiger partial charge on any atom is -0.449 e. The van der Waals surface area contributed by atoms with Gasteiger partial charge in [0.15, 0.2) is 4.98 Å². The second kappa shape index (κ2) is 7.64. The molecule has 0 amide bonds. The molecule has 3 nitrogen and oxygen atoms in total. The maximum atomic E-state index is 9.75. The van der Waals surface area contributed by atoms with Crippen LogP contribution in [-0.2, 0) is 0 Å². The van der Waals surface area contributed by atoms with E-state index in [4.69, 9.17) is 10.1 Å². The number of rotatable bonds is 2. The summed E-state index contributed by atoms with van der Waals surface area (Å²) < 4.78 is 45.5. The third-order valence-electron chi connectivity index (χ3n) is 2.00. The van der Waals surface area contributed by atoms with Gasteiger partial charge in [-0.3, -0.25) is 0 Å². The summed E-state index contributed by atoms with van der Waals surface area (Å²) in [6.45, 7) is 0. The van der Waals surface area contributed by atoms with Gasteiger partial charge in [0.2, 0.25) is 11.1 Å². The molecule has 21 heavy (non-hydrogen) atoms. The van der Waals surface area contributed by atoms with E-state index in [9.17, 15) is 17.3 Å². The summed E-state index contributed by atoms with van der Waals surface area (Å²) in [5.74, 6) is 1.20. The average Bonchev–Trinajstić information content (AvgIpc) is 2.38. The first-order valence-corrected chi connectivity index (χ1v) is 6.34. The van der Waals surface area contributed by atoms with Gasteiger partial charge in [0.25, 0.3) is 0 Å². The van der Waals surface area contributed by atoms with Gasteiger partial charge in [-0.25, -0.2) is 0 Å². The summed E-state index contributed by atoms with van der Waals surface area (Å²) in [4.78, 5) is 3.16. The lowest BCUT2D eigenvalue weighted by atomic mass is 10.3. The van der Waals surface area contributed by atoms with E-state index in [1.165, 1.54) is 0 Å². The highest BCUT2D eigenvalue weighted by molar-refractivity contribution is 9.10. The van der Waals surface area contributed by atoms with Gasteiger partial charge in [-0.15, -0.1) is 0 Å². The number of halogens is 5. The molecule has 0 heterocycles. The number of nitrogens with zero attached hydrogens (tertiary/aromatic N) is 2. The largest absolute Gasteiger partial charge is 0.673 e. The molecule has 0 saturated carbocycles. The number of ether oxygens (including phenoxy) is 1. The summed E-state index contributed by atoms with van der Waals surface area (Å²) in [5, 5.41) is 8.82. The standard InChI is InChI=1S/C12H8BrN2O.BF4/c13-9-6-7-11(15-14)12(8-9)16-10-4-2-1-3-5-10;2-1(3,4)5/h1-8H;/q+1;-1. The van der Waals surface area contributed by atoms with E-state index in [2.05, 4.69) is 20.9 Å².